The summed E-state index contributed by atoms with van der Waals surface area (Å²) in [5.41, 5.74) is 0. The third-order valence-electron chi connectivity index (χ3n) is 0.258. The second-order valence-electron chi connectivity index (χ2n) is 1.08. The van der Waals surface area contributed by atoms with E-state index in [1.807, 2.05) is 18.4 Å². The summed E-state index contributed by atoms with van der Waals surface area (Å²) in [5, 5.41) is 0. The van der Waals surface area contributed by atoms with Gasteiger partial charge in [0.2, 0.25) is 0 Å². The normalized spacial score (nSPS) is 7.86. The second kappa shape index (κ2) is 6.42. The minimum absolute atomic E-state index is 0. The van der Waals surface area contributed by atoms with Crippen molar-refractivity contribution in [2.24, 2.45) is 0 Å². The molecule has 0 fully saturated rings. The minimum Gasteiger partial charge on any atom is -0.269 e. The summed E-state index contributed by atoms with van der Waals surface area (Å²) in [6.45, 7) is 0. The average Bonchev–Trinajstić information content (AvgIpc) is 1.35. The van der Waals surface area contributed by atoms with Crippen LogP contribution in [0.5, 0.6) is 0 Å². The van der Waals surface area contributed by atoms with Crippen LogP contribution in [0.2, 0.25) is 0 Å². The van der Waals surface area contributed by atoms with Gasteiger partial charge < -0.3 is 0 Å². The Morgan fingerprint density at radius 2 is 2.00 bits per heavy atom. The Bertz CT molecular complexity index is 60.7. The predicted molar refractivity (Wildman–Crippen MR) is 34.4 cm³/mol. The Morgan fingerprint density at radius 3 is 2.00 bits per heavy atom. The van der Waals surface area contributed by atoms with E-state index in [9.17, 15) is 0 Å². The maximum atomic E-state index is 2.88. The quantitative estimate of drug-likeness (QED) is 0.537. The molecule has 5 heteroatoms. The SMILES string of the molecule is C[N+](C)=PNP.F. The zero-order chi connectivity index (χ0) is 4.99. The molecule has 0 aromatic heterocycles. The van der Waals surface area contributed by atoms with Gasteiger partial charge in [0.1, 0.15) is 14.1 Å². The van der Waals surface area contributed by atoms with E-state index in [2.05, 4.69) is 14.2 Å². The summed E-state index contributed by atoms with van der Waals surface area (Å²) in [4.78, 5) is 2.88. The molecule has 0 saturated carbocycles. The first-order valence-corrected chi connectivity index (χ1v) is 3.03. The van der Waals surface area contributed by atoms with Crippen LogP contribution in [-0.4, -0.2) is 18.4 Å². The summed E-state index contributed by atoms with van der Waals surface area (Å²) in [5.74, 6) is 0. The lowest BCUT2D eigenvalue weighted by Gasteiger charge is -1.75. The Kier molecular flexibility index (Phi) is 9.55. The maximum absolute atomic E-state index is 2.88. The van der Waals surface area contributed by atoms with Crippen molar-refractivity contribution < 1.29 is 9.03 Å². The fraction of sp³-hybridized carbons (Fsp3) is 1.00. The summed E-state index contributed by atoms with van der Waals surface area (Å²) >= 11 is 0. The third-order valence-corrected chi connectivity index (χ3v) is 1.12. The highest BCUT2D eigenvalue weighted by molar-refractivity contribution is 7.35. The molecule has 44 valence electrons. The topological polar surface area (TPSA) is 15.0 Å². The van der Waals surface area contributed by atoms with Crippen molar-refractivity contribution in [3.8, 4) is 0 Å². The van der Waals surface area contributed by atoms with Crippen LogP contribution in [0.1, 0.15) is 0 Å². The third kappa shape index (κ3) is 10.7. The Hall–Kier alpha value is 0.420. The van der Waals surface area contributed by atoms with Crippen LogP contribution in [0.3, 0.4) is 0 Å². The van der Waals surface area contributed by atoms with Crippen LogP contribution < -0.4 is 4.86 Å². The van der Waals surface area contributed by atoms with Crippen LogP contribution >= 0.6 is 17.9 Å². The molecule has 0 aliphatic rings. The van der Waals surface area contributed by atoms with E-state index in [0.29, 0.717) is 0 Å². The van der Waals surface area contributed by atoms with Gasteiger partial charge in [0.25, 0.3) is 0 Å². The lowest BCUT2D eigenvalue weighted by molar-refractivity contribution is -0.438. The molecule has 1 unspecified atom stereocenters. The van der Waals surface area contributed by atoms with Gasteiger partial charge in [-0.15, -0.1) is 0 Å². The molecular formula is C2H10FN2P2+. The van der Waals surface area contributed by atoms with Crippen LogP contribution in [-0.2, 0) is 0 Å². The van der Waals surface area contributed by atoms with Crippen molar-refractivity contribution in [1.29, 1.82) is 0 Å². The first-order valence-electron chi connectivity index (χ1n) is 1.61. The molecule has 1 N–H and O–H groups in total. The molecule has 0 aliphatic carbocycles. The summed E-state index contributed by atoms with van der Waals surface area (Å²) < 4.78 is 2.02. The molecule has 2 nitrogen and oxygen atoms in total. The minimum atomic E-state index is 0. The van der Waals surface area contributed by atoms with E-state index in [1.54, 1.807) is 0 Å². The monoisotopic (exact) mass is 143 g/mol. The number of hydrogen-bond acceptors (Lipinski definition) is 0. The van der Waals surface area contributed by atoms with E-state index in [4.69, 9.17) is 0 Å². The molecule has 0 heterocycles. The first kappa shape index (κ1) is 10.4. The smallest absolute Gasteiger partial charge is 0.269 e. The molecular weight excluding hydrogens is 133 g/mol. The lowest BCUT2D eigenvalue weighted by atomic mass is 11.3. The molecule has 0 bridgehead atoms. The van der Waals surface area contributed by atoms with Gasteiger partial charge >= 0.3 is 8.52 Å². The molecule has 0 spiro atoms. The number of rotatable bonds is 1. The fourth-order valence-electron chi connectivity index (χ4n) is 0.115. The predicted octanol–water partition coefficient (Wildman–Crippen LogP) is 0.835. The summed E-state index contributed by atoms with van der Waals surface area (Å²) in [7, 11) is 7.54. The molecule has 7 heavy (non-hydrogen) atoms. The zero-order valence-corrected chi connectivity index (χ0v) is 6.43. The van der Waals surface area contributed by atoms with Crippen molar-refractivity contribution in [3.63, 3.8) is 0 Å². The lowest BCUT2D eigenvalue weighted by Crippen LogP contribution is -1.87. The summed E-state index contributed by atoms with van der Waals surface area (Å²) in [6, 6.07) is 0. The molecule has 0 radical (unpaired) electrons. The van der Waals surface area contributed by atoms with Crippen molar-refractivity contribution >= 4 is 17.9 Å². The van der Waals surface area contributed by atoms with Crippen LogP contribution in [0.15, 0.2) is 0 Å². The van der Waals surface area contributed by atoms with Gasteiger partial charge in [-0.2, -0.15) is 4.86 Å². The highest BCUT2D eigenvalue weighted by atomic mass is 31.1. The van der Waals surface area contributed by atoms with Crippen LogP contribution in [0.4, 0.5) is 4.70 Å². The number of halogens is 1. The highest BCUT2D eigenvalue weighted by Crippen LogP contribution is 1.88. The molecule has 0 aliphatic heterocycles. The van der Waals surface area contributed by atoms with Crippen LogP contribution in [0.25, 0.3) is 0 Å². The molecule has 0 amide bonds. The standard InChI is InChI=1S/C2H8N2P2.FH/c1-4(2)6-3-5;/h5H2,1-2H3;1H/p+1. The molecule has 0 saturated heterocycles. The fourth-order valence-corrected chi connectivity index (χ4v) is 1.04. The molecule has 0 aromatic carbocycles. The van der Waals surface area contributed by atoms with Gasteiger partial charge in [0.15, 0.2) is 0 Å². The van der Waals surface area contributed by atoms with Gasteiger partial charge in [-0.3, -0.25) is 4.70 Å². The number of nitrogens with zero attached hydrogens (tertiary/aromatic N) is 1. The van der Waals surface area contributed by atoms with E-state index < -0.39 is 0 Å². The number of hydrogen-bond donors (Lipinski definition) is 1. The van der Waals surface area contributed by atoms with Gasteiger partial charge in [0, 0.05) is 0 Å². The van der Waals surface area contributed by atoms with E-state index in [0.717, 1.165) is 8.52 Å². The van der Waals surface area contributed by atoms with E-state index in [1.165, 1.54) is 0 Å². The van der Waals surface area contributed by atoms with Gasteiger partial charge in [0.05, 0.1) is 0 Å². The molecule has 1 atom stereocenters. The Balaban J connectivity index is 0. The maximum Gasteiger partial charge on any atom is 0.308 e. The van der Waals surface area contributed by atoms with Gasteiger partial charge in [-0.25, -0.2) is 4.33 Å². The molecule has 0 rings (SSSR count). The Labute approximate surface area is 46.9 Å². The van der Waals surface area contributed by atoms with Gasteiger partial charge in [-0.1, -0.05) is 9.39 Å². The van der Waals surface area contributed by atoms with Crippen molar-refractivity contribution in [3.05, 3.63) is 0 Å². The highest BCUT2D eigenvalue weighted by Gasteiger charge is 1.74. The van der Waals surface area contributed by atoms with Gasteiger partial charge in [-0.05, 0) is 0 Å². The number of nitrogens with one attached hydrogen (secondary N) is 1. The Morgan fingerprint density at radius 1 is 1.57 bits per heavy atom. The average molecular weight is 143 g/mol. The van der Waals surface area contributed by atoms with Crippen molar-refractivity contribution in [2.45, 2.75) is 0 Å². The van der Waals surface area contributed by atoms with Crippen molar-refractivity contribution in [1.82, 2.24) is 4.86 Å². The summed E-state index contributed by atoms with van der Waals surface area (Å²) in [6.07, 6.45) is 0. The second-order valence-corrected chi connectivity index (χ2v) is 3.11. The van der Waals surface area contributed by atoms with Crippen LogP contribution in [0, 0.1) is 0 Å². The molecule has 0 aromatic rings. The first-order chi connectivity index (χ1) is 2.77. The van der Waals surface area contributed by atoms with E-state index in [-0.39, 0.29) is 4.70 Å². The largest absolute Gasteiger partial charge is 0.308 e. The van der Waals surface area contributed by atoms with E-state index >= 15 is 0 Å². The zero-order valence-electron chi connectivity index (χ0n) is 4.38. The van der Waals surface area contributed by atoms with Crippen molar-refractivity contribution in [2.75, 3.05) is 14.1 Å².